The molecule has 154 valence electrons. The molecule has 0 amide bonds. The molecule has 0 spiro atoms. The summed E-state index contributed by atoms with van der Waals surface area (Å²) in [5.41, 5.74) is 9.12. The number of aliphatic hydroxyl groups is 1. The summed E-state index contributed by atoms with van der Waals surface area (Å²) < 4.78 is 3.41. The second kappa shape index (κ2) is 7.85. The van der Waals surface area contributed by atoms with Crippen molar-refractivity contribution < 1.29 is 5.11 Å². The predicted molar refractivity (Wildman–Crippen MR) is 116 cm³/mol. The van der Waals surface area contributed by atoms with Crippen LogP contribution in [0, 0.1) is 0 Å². The first kappa shape index (κ1) is 19.4. The van der Waals surface area contributed by atoms with E-state index in [2.05, 4.69) is 20.5 Å². The number of rotatable bonds is 6. The lowest BCUT2D eigenvalue weighted by molar-refractivity contribution is 0.329. The molecular weight excluding hydrogens is 382 g/mol. The Balaban J connectivity index is 1.73. The van der Waals surface area contributed by atoms with Gasteiger partial charge in [-0.25, -0.2) is 10.8 Å². The zero-order valence-corrected chi connectivity index (χ0v) is 16.7. The van der Waals surface area contributed by atoms with E-state index in [9.17, 15) is 5.11 Å². The van der Waals surface area contributed by atoms with Crippen molar-refractivity contribution in [1.29, 1.82) is 0 Å². The molecule has 0 aliphatic heterocycles. The van der Waals surface area contributed by atoms with Crippen LogP contribution in [0.3, 0.4) is 0 Å². The van der Waals surface area contributed by atoms with Crippen LogP contribution < -0.4 is 21.9 Å². The number of fused-ring (bicyclic) bond motifs is 1. The summed E-state index contributed by atoms with van der Waals surface area (Å²) in [6, 6.07) is 13.7. The van der Waals surface area contributed by atoms with Crippen molar-refractivity contribution in [1.82, 2.24) is 24.5 Å². The molecule has 4 aromatic rings. The van der Waals surface area contributed by atoms with Gasteiger partial charge in [-0.15, -0.1) is 0 Å². The molecule has 0 fully saturated rings. The van der Waals surface area contributed by atoms with E-state index in [0.29, 0.717) is 17.2 Å². The van der Waals surface area contributed by atoms with Crippen LogP contribution in [0.5, 0.6) is 0 Å². The second-order valence-corrected chi connectivity index (χ2v) is 6.83. The Morgan fingerprint density at radius 3 is 2.70 bits per heavy atom. The smallest absolute Gasteiger partial charge is 0.162 e. The summed E-state index contributed by atoms with van der Waals surface area (Å²) >= 11 is 0. The average molecular weight is 405 g/mol. The van der Waals surface area contributed by atoms with E-state index >= 15 is 0 Å². The fraction of sp³-hybridized carbons (Fsp3) is 0.150. The molecule has 0 aliphatic rings. The fourth-order valence-corrected chi connectivity index (χ4v) is 3.13. The molecule has 3 heterocycles. The Labute approximate surface area is 173 Å². The molecule has 0 saturated heterocycles. The van der Waals surface area contributed by atoms with Gasteiger partial charge in [0.2, 0.25) is 0 Å². The second-order valence-electron chi connectivity index (χ2n) is 6.83. The van der Waals surface area contributed by atoms with Crippen molar-refractivity contribution >= 4 is 28.4 Å². The minimum absolute atomic E-state index is 0.236. The van der Waals surface area contributed by atoms with Gasteiger partial charge < -0.3 is 16.2 Å². The lowest BCUT2D eigenvalue weighted by atomic mass is 10.1. The van der Waals surface area contributed by atoms with Crippen LogP contribution in [0.2, 0.25) is 0 Å². The van der Waals surface area contributed by atoms with E-state index in [1.165, 1.54) is 11.2 Å². The lowest BCUT2D eigenvalue weighted by Crippen LogP contribution is -2.27. The van der Waals surface area contributed by atoms with Gasteiger partial charge in [0, 0.05) is 38.0 Å². The van der Waals surface area contributed by atoms with Crippen molar-refractivity contribution in [2.75, 3.05) is 16.9 Å². The minimum Gasteiger partial charge on any atom is -0.399 e. The normalized spacial score (nSPS) is 11.8. The molecule has 3 aromatic heterocycles. The molecule has 10 nitrogen and oxygen atoms in total. The number of aryl methyl sites for hydroxylation is 2. The Kier molecular flexibility index (Phi) is 5.09. The first-order valence-electron chi connectivity index (χ1n) is 9.26. The molecule has 0 saturated carbocycles. The minimum atomic E-state index is -0.294. The van der Waals surface area contributed by atoms with Gasteiger partial charge in [0.15, 0.2) is 5.65 Å². The van der Waals surface area contributed by atoms with E-state index in [-0.39, 0.29) is 12.3 Å². The third kappa shape index (κ3) is 3.69. The molecular formula is C20H23N9O. The maximum atomic E-state index is 9.20. The summed E-state index contributed by atoms with van der Waals surface area (Å²) in [6.45, 7) is -0.294. The largest absolute Gasteiger partial charge is 0.399 e. The SMILES string of the molecule is Cn1nc(-c2ccccc2)cc1Nc1cc(N(N)/C=C(\N)CO)c2cnn(C)c2n1. The van der Waals surface area contributed by atoms with Gasteiger partial charge in [-0.3, -0.25) is 14.4 Å². The number of aliphatic hydroxyl groups excluding tert-OH is 1. The molecule has 6 N–H and O–H groups in total. The molecule has 0 aliphatic carbocycles. The Bertz CT molecular complexity index is 1210. The summed E-state index contributed by atoms with van der Waals surface area (Å²) in [5, 5.41) is 23.4. The number of hydrogen-bond acceptors (Lipinski definition) is 8. The molecule has 1 aromatic carbocycles. The maximum absolute atomic E-state index is 9.20. The van der Waals surface area contributed by atoms with Crippen LogP contribution in [-0.2, 0) is 14.1 Å². The molecule has 0 bridgehead atoms. The van der Waals surface area contributed by atoms with E-state index < -0.39 is 0 Å². The van der Waals surface area contributed by atoms with Crippen LogP contribution in [0.25, 0.3) is 22.3 Å². The van der Waals surface area contributed by atoms with Crippen LogP contribution >= 0.6 is 0 Å². The number of aromatic nitrogens is 5. The van der Waals surface area contributed by atoms with Gasteiger partial charge >= 0.3 is 0 Å². The van der Waals surface area contributed by atoms with Crippen molar-refractivity contribution in [3.63, 3.8) is 0 Å². The van der Waals surface area contributed by atoms with E-state index in [4.69, 9.17) is 11.6 Å². The topological polar surface area (TPSA) is 136 Å². The molecule has 0 radical (unpaired) electrons. The van der Waals surface area contributed by atoms with E-state index in [1.54, 1.807) is 28.7 Å². The zero-order chi connectivity index (χ0) is 21.3. The number of hydrazine groups is 1. The lowest BCUT2D eigenvalue weighted by Gasteiger charge is -2.17. The maximum Gasteiger partial charge on any atom is 0.162 e. The number of pyridine rings is 1. The van der Waals surface area contributed by atoms with Crippen LogP contribution in [0.1, 0.15) is 0 Å². The average Bonchev–Trinajstić information content (AvgIpc) is 3.31. The summed E-state index contributed by atoms with van der Waals surface area (Å²) in [5.74, 6) is 7.51. The van der Waals surface area contributed by atoms with Gasteiger partial charge in [0.25, 0.3) is 0 Å². The predicted octanol–water partition coefficient (Wildman–Crippen LogP) is 1.58. The number of nitrogens with two attached hydrogens (primary N) is 2. The third-order valence-corrected chi connectivity index (χ3v) is 4.65. The van der Waals surface area contributed by atoms with Crippen LogP contribution in [-0.4, -0.2) is 36.3 Å². The third-order valence-electron chi connectivity index (χ3n) is 4.65. The highest BCUT2D eigenvalue weighted by molar-refractivity contribution is 5.92. The van der Waals surface area contributed by atoms with E-state index in [0.717, 1.165) is 22.5 Å². The van der Waals surface area contributed by atoms with Crippen LogP contribution in [0.4, 0.5) is 17.3 Å². The highest BCUT2D eigenvalue weighted by Gasteiger charge is 2.15. The van der Waals surface area contributed by atoms with Gasteiger partial charge in [-0.05, 0) is 0 Å². The van der Waals surface area contributed by atoms with Gasteiger partial charge in [0.05, 0.1) is 35.3 Å². The zero-order valence-electron chi connectivity index (χ0n) is 16.7. The quantitative estimate of drug-likeness (QED) is 0.280. The van der Waals surface area contributed by atoms with Crippen molar-refractivity contribution in [3.05, 3.63) is 60.6 Å². The van der Waals surface area contributed by atoms with Crippen molar-refractivity contribution in [2.24, 2.45) is 25.7 Å². The number of nitrogens with one attached hydrogen (secondary N) is 1. The molecule has 4 rings (SSSR count). The Morgan fingerprint density at radius 2 is 1.97 bits per heavy atom. The Hall–Kier alpha value is -3.89. The number of benzene rings is 1. The molecule has 0 unspecified atom stereocenters. The summed E-state index contributed by atoms with van der Waals surface area (Å²) in [6.07, 6.45) is 3.14. The van der Waals surface area contributed by atoms with E-state index in [1.807, 2.05) is 43.4 Å². The van der Waals surface area contributed by atoms with Gasteiger partial charge in [-0.1, -0.05) is 30.3 Å². The summed E-state index contributed by atoms with van der Waals surface area (Å²) in [7, 11) is 3.66. The van der Waals surface area contributed by atoms with Gasteiger partial charge in [-0.2, -0.15) is 10.2 Å². The number of anilines is 3. The van der Waals surface area contributed by atoms with Crippen molar-refractivity contribution in [3.8, 4) is 11.3 Å². The summed E-state index contributed by atoms with van der Waals surface area (Å²) in [4.78, 5) is 4.66. The number of nitrogens with zero attached hydrogens (tertiary/aromatic N) is 6. The molecule has 10 heteroatoms. The first-order chi connectivity index (χ1) is 14.5. The standard InChI is InChI=1S/C20H23N9O/c1-27-19(8-16(26-27)13-6-4-3-5-7-13)24-18-9-17(29(22)11-14(21)12-30)15-10-23-28(2)20(15)25-18/h3-11,30H,12,21-22H2,1-2H3,(H,24,25)/b14-11-. The first-order valence-corrected chi connectivity index (χ1v) is 9.26. The Morgan fingerprint density at radius 1 is 1.20 bits per heavy atom. The molecule has 30 heavy (non-hydrogen) atoms. The van der Waals surface area contributed by atoms with Crippen LogP contribution in [0.15, 0.2) is 60.6 Å². The van der Waals surface area contributed by atoms with Gasteiger partial charge in [0.1, 0.15) is 11.6 Å². The van der Waals surface area contributed by atoms with Crippen molar-refractivity contribution in [2.45, 2.75) is 0 Å². The fourth-order valence-electron chi connectivity index (χ4n) is 3.13. The molecule has 0 atom stereocenters. The monoisotopic (exact) mass is 405 g/mol. The highest BCUT2D eigenvalue weighted by atomic mass is 16.3. The number of hydrogen-bond donors (Lipinski definition) is 4. The highest BCUT2D eigenvalue weighted by Crippen LogP contribution is 2.30.